The minimum atomic E-state index is -1.94. The molecule has 0 aliphatic rings. The van der Waals surface area contributed by atoms with Crippen LogP contribution in [0.25, 0.3) is 0 Å². The highest BCUT2D eigenvalue weighted by Crippen LogP contribution is 2.29. The van der Waals surface area contributed by atoms with Crippen molar-refractivity contribution in [2.45, 2.75) is 19.6 Å². The lowest BCUT2D eigenvalue weighted by Crippen LogP contribution is -2.29. The lowest BCUT2D eigenvalue weighted by atomic mass is 10.2. The summed E-state index contributed by atoms with van der Waals surface area (Å²) in [5.74, 6) is -2.07. The molecule has 1 aromatic rings. The van der Waals surface area contributed by atoms with Gasteiger partial charge in [0.2, 0.25) is 8.32 Å². The van der Waals surface area contributed by atoms with E-state index in [4.69, 9.17) is 21.1 Å². The SMILES string of the molecule is C[Si](C)(C)Oc1ccc(C(=O)O)c(Cl)c1F. The molecule has 0 aliphatic carbocycles. The smallest absolute Gasteiger partial charge is 0.337 e. The molecular weight excluding hydrogens is 251 g/mol. The topological polar surface area (TPSA) is 46.5 Å². The van der Waals surface area contributed by atoms with Gasteiger partial charge in [-0.25, -0.2) is 9.18 Å². The summed E-state index contributed by atoms with van der Waals surface area (Å²) in [6.07, 6.45) is 0. The first-order chi connectivity index (χ1) is 7.22. The van der Waals surface area contributed by atoms with Crippen LogP contribution in [-0.2, 0) is 0 Å². The quantitative estimate of drug-likeness (QED) is 0.850. The zero-order valence-corrected chi connectivity index (χ0v) is 10.9. The van der Waals surface area contributed by atoms with Crippen LogP contribution >= 0.6 is 11.6 Å². The van der Waals surface area contributed by atoms with E-state index in [0.717, 1.165) is 0 Å². The fraction of sp³-hybridized carbons (Fsp3) is 0.300. The van der Waals surface area contributed by atoms with Gasteiger partial charge in [-0.05, 0) is 31.8 Å². The molecule has 0 aromatic heterocycles. The number of benzene rings is 1. The lowest BCUT2D eigenvalue weighted by Gasteiger charge is -2.20. The Morgan fingerprint density at radius 2 is 2.00 bits per heavy atom. The third-order valence-electron chi connectivity index (χ3n) is 1.69. The van der Waals surface area contributed by atoms with Crippen molar-refractivity contribution in [1.29, 1.82) is 0 Å². The van der Waals surface area contributed by atoms with Crippen LogP contribution in [0.1, 0.15) is 10.4 Å². The van der Waals surface area contributed by atoms with Crippen LogP contribution in [0.4, 0.5) is 4.39 Å². The maximum absolute atomic E-state index is 13.7. The molecule has 0 saturated carbocycles. The predicted octanol–water partition coefficient (Wildman–Crippen LogP) is 3.39. The third-order valence-corrected chi connectivity index (χ3v) is 2.90. The van der Waals surface area contributed by atoms with E-state index < -0.39 is 25.1 Å². The van der Waals surface area contributed by atoms with Gasteiger partial charge in [0, 0.05) is 0 Å². The number of aromatic carboxylic acids is 1. The van der Waals surface area contributed by atoms with Gasteiger partial charge in [0.15, 0.2) is 5.82 Å². The number of hydrogen-bond acceptors (Lipinski definition) is 2. The van der Waals surface area contributed by atoms with Gasteiger partial charge >= 0.3 is 5.97 Å². The largest absolute Gasteiger partial charge is 0.542 e. The Morgan fingerprint density at radius 1 is 1.44 bits per heavy atom. The fourth-order valence-corrected chi connectivity index (χ4v) is 2.16. The van der Waals surface area contributed by atoms with Crippen molar-refractivity contribution in [2.24, 2.45) is 0 Å². The summed E-state index contributed by atoms with van der Waals surface area (Å²) in [6.45, 7) is 5.68. The van der Waals surface area contributed by atoms with Gasteiger partial charge in [0.05, 0.1) is 10.6 Å². The molecule has 6 heteroatoms. The first-order valence-corrected chi connectivity index (χ1v) is 8.41. The molecule has 0 fully saturated rings. The van der Waals surface area contributed by atoms with Crippen molar-refractivity contribution in [3.63, 3.8) is 0 Å². The molecule has 1 aromatic carbocycles. The van der Waals surface area contributed by atoms with Crippen LogP contribution < -0.4 is 4.43 Å². The third kappa shape index (κ3) is 2.96. The van der Waals surface area contributed by atoms with Gasteiger partial charge in [0.25, 0.3) is 0 Å². The summed E-state index contributed by atoms with van der Waals surface area (Å²) in [6, 6.07) is 2.53. The Balaban J connectivity index is 3.17. The Hall–Kier alpha value is -1.07. The molecule has 0 unspecified atom stereocenters. The summed E-state index contributed by atoms with van der Waals surface area (Å²) in [4.78, 5) is 10.7. The molecule has 0 heterocycles. The Kier molecular flexibility index (Phi) is 3.60. The average Bonchev–Trinajstić information content (AvgIpc) is 2.10. The molecule has 0 radical (unpaired) electrons. The molecule has 1 rings (SSSR count). The summed E-state index contributed by atoms with van der Waals surface area (Å²) in [5.41, 5.74) is -0.262. The Bertz CT molecular complexity index is 429. The van der Waals surface area contributed by atoms with Gasteiger partial charge in [-0.1, -0.05) is 11.6 Å². The van der Waals surface area contributed by atoms with Gasteiger partial charge < -0.3 is 9.53 Å². The highest BCUT2D eigenvalue weighted by atomic mass is 35.5. The van der Waals surface area contributed by atoms with Crippen molar-refractivity contribution < 1.29 is 18.7 Å². The molecule has 0 bridgehead atoms. The number of carboxylic acids is 1. The van der Waals surface area contributed by atoms with E-state index >= 15 is 0 Å². The van der Waals surface area contributed by atoms with Gasteiger partial charge in [-0.15, -0.1) is 0 Å². The number of hydrogen-bond donors (Lipinski definition) is 1. The van der Waals surface area contributed by atoms with E-state index in [1.54, 1.807) is 0 Å². The Labute approximate surface area is 98.9 Å². The minimum Gasteiger partial charge on any atom is -0.542 e. The van der Waals surface area contributed by atoms with Gasteiger partial charge in [-0.3, -0.25) is 0 Å². The molecule has 88 valence electrons. The predicted molar refractivity (Wildman–Crippen MR) is 62.3 cm³/mol. The number of rotatable bonds is 3. The molecule has 0 amide bonds. The monoisotopic (exact) mass is 262 g/mol. The molecule has 3 nitrogen and oxygen atoms in total. The van der Waals surface area contributed by atoms with Gasteiger partial charge in [0.1, 0.15) is 5.75 Å². The molecule has 0 spiro atoms. The first-order valence-electron chi connectivity index (χ1n) is 4.62. The van der Waals surface area contributed by atoms with Crippen molar-refractivity contribution in [3.8, 4) is 5.75 Å². The van der Waals surface area contributed by atoms with Crippen LogP contribution in [0.15, 0.2) is 12.1 Å². The second-order valence-electron chi connectivity index (χ2n) is 4.26. The summed E-state index contributed by atoms with van der Waals surface area (Å²) in [7, 11) is -1.94. The van der Waals surface area contributed by atoms with Crippen LogP contribution in [0, 0.1) is 5.82 Å². The number of carbonyl (C=O) groups is 1. The zero-order valence-electron chi connectivity index (χ0n) is 9.17. The maximum Gasteiger partial charge on any atom is 0.337 e. The summed E-state index contributed by atoms with van der Waals surface area (Å²) < 4.78 is 19.1. The average molecular weight is 263 g/mol. The van der Waals surface area contributed by atoms with Crippen molar-refractivity contribution >= 4 is 25.9 Å². The molecule has 0 aliphatic heterocycles. The van der Waals surface area contributed by atoms with Crippen LogP contribution in [0.3, 0.4) is 0 Å². The molecule has 0 atom stereocenters. The van der Waals surface area contributed by atoms with Crippen LogP contribution in [0.2, 0.25) is 24.7 Å². The zero-order chi connectivity index (χ0) is 12.5. The van der Waals surface area contributed by atoms with Gasteiger partial charge in [-0.2, -0.15) is 0 Å². The van der Waals surface area contributed by atoms with Crippen molar-refractivity contribution in [2.75, 3.05) is 0 Å². The van der Waals surface area contributed by atoms with E-state index in [2.05, 4.69) is 0 Å². The van der Waals surface area contributed by atoms with E-state index in [1.165, 1.54) is 12.1 Å². The lowest BCUT2D eigenvalue weighted by molar-refractivity contribution is 0.0696. The summed E-state index contributed by atoms with van der Waals surface area (Å²) in [5, 5.41) is 8.32. The first kappa shape index (κ1) is 13.0. The van der Waals surface area contributed by atoms with E-state index in [1.807, 2.05) is 19.6 Å². The highest BCUT2D eigenvalue weighted by molar-refractivity contribution is 6.70. The van der Waals surface area contributed by atoms with E-state index in [-0.39, 0.29) is 11.3 Å². The normalized spacial score (nSPS) is 11.3. The number of carboxylic acid groups (broad SMARTS) is 1. The molecular formula is C10H12ClFO3Si. The molecule has 1 N–H and O–H groups in total. The van der Waals surface area contributed by atoms with Crippen molar-refractivity contribution in [3.05, 3.63) is 28.5 Å². The second-order valence-corrected chi connectivity index (χ2v) is 9.07. The molecule has 0 saturated heterocycles. The van der Waals surface area contributed by atoms with E-state index in [0.29, 0.717) is 0 Å². The summed E-state index contributed by atoms with van der Waals surface area (Å²) >= 11 is 5.60. The second kappa shape index (κ2) is 4.43. The fourth-order valence-electron chi connectivity index (χ4n) is 1.11. The van der Waals surface area contributed by atoms with E-state index in [9.17, 15) is 9.18 Å². The van der Waals surface area contributed by atoms with Crippen molar-refractivity contribution in [1.82, 2.24) is 0 Å². The standard InChI is InChI=1S/C10H12ClFO3Si/c1-16(2,3)15-7-5-4-6(10(13)14)8(11)9(7)12/h4-5H,1-3H3,(H,13,14). The minimum absolute atomic E-state index is 0.00849. The number of halogens is 2. The van der Waals surface area contributed by atoms with Crippen LogP contribution in [-0.4, -0.2) is 19.4 Å². The highest BCUT2D eigenvalue weighted by Gasteiger charge is 2.22. The Morgan fingerprint density at radius 3 is 2.44 bits per heavy atom. The van der Waals surface area contributed by atoms with Crippen LogP contribution in [0.5, 0.6) is 5.75 Å². The molecule has 16 heavy (non-hydrogen) atoms. The maximum atomic E-state index is 13.7.